The van der Waals surface area contributed by atoms with Crippen molar-refractivity contribution >= 4 is 27.6 Å². The molecule has 2 aromatic rings. The van der Waals surface area contributed by atoms with Gasteiger partial charge >= 0.3 is 6.09 Å². The number of halogens is 1. The van der Waals surface area contributed by atoms with Crippen molar-refractivity contribution in [3.05, 3.63) is 66.0 Å². The third-order valence-electron chi connectivity index (χ3n) is 5.91. The average molecular weight is 447 g/mol. The van der Waals surface area contributed by atoms with Gasteiger partial charge in [0.2, 0.25) is 10.0 Å². The number of ether oxygens (including phenoxy) is 1. The van der Waals surface area contributed by atoms with Crippen molar-refractivity contribution in [1.29, 1.82) is 0 Å². The van der Waals surface area contributed by atoms with Crippen LogP contribution in [-0.2, 0) is 26.2 Å². The van der Waals surface area contributed by atoms with Crippen LogP contribution in [0.25, 0.3) is 0 Å². The molecular weight excluding hydrogens is 423 g/mol. The maximum atomic E-state index is 13.8. The summed E-state index contributed by atoms with van der Waals surface area (Å²) in [7, 11) is -3.94. The molecule has 0 N–H and O–H groups in total. The minimum atomic E-state index is -3.94. The molecule has 0 bridgehead atoms. The van der Waals surface area contributed by atoms with E-state index in [4.69, 9.17) is 4.74 Å². The third-order valence-corrected chi connectivity index (χ3v) is 7.66. The lowest BCUT2D eigenvalue weighted by molar-refractivity contribution is -0.122. The standard InChI is InChI=1S/C22H23FN2O5S/c1-16-13-22(10-11-24(16)21(27)30-14-17-6-3-2-4-7-17)20(26)15-31(28,29)25(22)19-9-5-8-18(23)12-19/h2-9,12,16H,10-11,13-15H2,1H3. The number of Topliss-reactive ketones (excluding diaryl/α,β-unsaturated/α-hetero) is 1. The zero-order chi connectivity index (χ0) is 22.2. The van der Waals surface area contributed by atoms with E-state index in [2.05, 4.69) is 0 Å². The minimum absolute atomic E-state index is 0.113. The maximum Gasteiger partial charge on any atom is 0.410 e. The summed E-state index contributed by atoms with van der Waals surface area (Å²) in [6.07, 6.45) is -0.286. The van der Waals surface area contributed by atoms with Crippen molar-refractivity contribution < 1.29 is 27.1 Å². The van der Waals surface area contributed by atoms with Crippen molar-refractivity contribution in [2.24, 2.45) is 0 Å². The van der Waals surface area contributed by atoms with E-state index < -0.39 is 45.1 Å². The highest BCUT2D eigenvalue weighted by Gasteiger charge is 2.59. The average Bonchev–Trinajstić information content (AvgIpc) is 2.91. The fourth-order valence-electron chi connectivity index (χ4n) is 4.49. The lowest BCUT2D eigenvalue weighted by atomic mass is 9.80. The normalized spacial score (nSPS) is 25.1. The topological polar surface area (TPSA) is 84.0 Å². The highest BCUT2D eigenvalue weighted by molar-refractivity contribution is 7.94. The van der Waals surface area contributed by atoms with Crippen LogP contribution in [0.15, 0.2) is 54.6 Å². The van der Waals surface area contributed by atoms with Crippen LogP contribution in [0.1, 0.15) is 25.3 Å². The van der Waals surface area contributed by atoms with Crippen LogP contribution in [0.5, 0.6) is 0 Å². The number of amides is 1. The first-order chi connectivity index (χ1) is 14.7. The van der Waals surface area contributed by atoms with E-state index in [0.717, 1.165) is 15.9 Å². The molecule has 2 saturated heterocycles. The second-order valence-corrected chi connectivity index (χ2v) is 9.81. The molecule has 2 aliphatic rings. The Kier molecular flexibility index (Phi) is 5.47. The number of ketones is 1. The van der Waals surface area contributed by atoms with E-state index >= 15 is 0 Å². The van der Waals surface area contributed by atoms with Gasteiger partial charge in [-0.2, -0.15) is 0 Å². The number of piperidine rings is 1. The van der Waals surface area contributed by atoms with Crippen LogP contribution in [-0.4, -0.2) is 49.1 Å². The van der Waals surface area contributed by atoms with Crippen LogP contribution in [0, 0.1) is 5.82 Å². The van der Waals surface area contributed by atoms with Crippen LogP contribution >= 0.6 is 0 Å². The SMILES string of the molecule is CC1CC2(CCN1C(=O)OCc1ccccc1)C(=O)CS(=O)(=O)N2c1cccc(F)c1. The van der Waals surface area contributed by atoms with Gasteiger partial charge in [-0.25, -0.2) is 17.6 Å². The molecule has 9 heteroatoms. The van der Waals surface area contributed by atoms with Gasteiger partial charge in [-0.05, 0) is 43.5 Å². The van der Waals surface area contributed by atoms with Crippen LogP contribution in [0.2, 0.25) is 0 Å². The van der Waals surface area contributed by atoms with Crippen molar-refractivity contribution in [2.75, 3.05) is 16.6 Å². The Morgan fingerprint density at radius 3 is 2.61 bits per heavy atom. The van der Waals surface area contributed by atoms with Gasteiger partial charge in [0.05, 0.1) is 5.69 Å². The Bertz CT molecular complexity index is 1110. The molecule has 164 valence electrons. The number of carbonyl (C=O) groups is 2. The molecule has 0 aromatic heterocycles. The number of benzene rings is 2. The molecule has 31 heavy (non-hydrogen) atoms. The van der Waals surface area contributed by atoms with Gasteiger partial charge < -0.3 is 9.64 Å². The zero-order valence-corrected chi connectivity index (χ0v) is 17.8. The first kappa shape index (κ1) is 21.3. The summed E-state index contributed by atoms with van der Waals surface area (Å²) in [5.41, 5.74) is -0.355. The molecule has 1 spiro atoms. The number of anilines is 1. The lowest BCUT2D eigenvalue weighted by Crippen LogP contribution is -2.60. The zero-order valence-electron chi connectivity index (χ0n) is 17.0. The summed E-state index contributed by atoms with van der Waals surface area (Å²) in [4.78, 5) is 27.1. The Morgan fingerprint density at radius 1 is 1.19 bits per heavy atom. The van der Waals surface area contributed by atoms with Crippen molar-refractivity contribution in [3.63, 3.8) is 0 Å². The quantitative estimate of drug-likeness (QED) is 0.724. The number of rotatable bonds is 3. The van der Waals surface area contributed by atoms with E-state index in [-0.39, 0.29) is 31.7 Å². The van der Waals surface area contributed by atoms with Gasteiger partial charge in [0.25, 0.3) is 0 Å². The Hall–Kier alpha value is -2.94. The molecule has 2 atom stereocenters. The second-order valence-electron chi connectivity index (χ2n) is 7.99. The number of likely N-dealkylation sites (tertiary alicyclic amines) is 1. The minimum Gasteiger partial charge on any atom is -0.445 e. The number of hydrogen-bond acceptors (Lipinski definition) is 5. The molecule has 0 radical (unpaired) electrons. The van der Waals surface area contributed by atoms with Crippen LogP contribution in [0.4, 0.5) is 14.9 Å². The summed E-state index contributed by atoms with van der Waals surface area (Å²) < 4.78 is 45.9. The molecule has 0 saturated carbocycles. The van der Waals surface area contributed by atoms with Gasteiger partial charge in [-0.15, -0.1) is 0 Å². The fraction of sp³-hybridized carbons (Fsp3) is 0.364. The van der Waals surface area contributed by atoms with E-state index in [0.29, 0.717) is 0 Å². The van der Waals surface area contributed by atoms with E-state index in [1.54, 1.807) is 6.92 Å². The smallest absolute Gasteiger partial charge is 0.410 e. The maximum absolute atomic E-state index is 13.8. The Balaban J connectivity index is 1.55. The van der Waals surface area contributed by atoms with Crippen molar-refractivity contribution in [2.45, 2.75) is 38.0 Å². The van der Waals surface area contributed by atoms with Crippen molar-refractivity contribution in [3.8, 4) is 0 Å². The molecule has 1 amide bonds. The number of nitrogens with zero attached hydrogens (tertiary/aromatic N) is 2. The van der Waals surface area contributed by atoms with E-state index in [1.807, 2.05) is 30.3 Å². The fourth-order valence-corrected chi connectivity index (χ4v) is 6.46. The molecule has 2 heterocycles. The Morgan fingerprint density at radius 2 is 1.94 bits per heavy atom. The molecule has 2 aromatic carbocycles. The van der Waals surface area contributed by atoms with Gasteiger partial charge in [0, 0.05) is 12.6 Å². The molecule has 4 rings (SSSR count). The highest BCUT2D eigenvalue weighted by atomic mass is 32.2. The van der Waals surface area contributed by atoms with E-state index in [1.165, 1.54) is 23.1 Å². The monoisotopic (exact) mass is 446 g/mol. The molecule has 2 aliphatic heterocycles. The number of sulfonamides is 1. The number of hydrogen-bond donors (Lipinski definition) is 0. The predicted octanol–water partition coefficient (Wildman–Crippen LogP) is 3.10. The molecular formula is C22H23FN2O5S. The summed E-state index contributed by atoms with van der Waals surface area (Å²) >= 11 is 0. The first-order valence-corrected chi connectivity index (χ1v) is 11.6. The Labute approximate surface area is 180 Å². The molecule has 0 aliphatic carbocycles. The number of carbonyl (C=O) groups excluding carboxylic acids is 2. The second kappa shape index (κ2) is 7.96. The summed E-state index contributed by atoms with van der Waals surface area (Å²) in [6.45, 7) is 2.03. The summed E-state index contributed by atoms with van der Waals surface area (Å²) in [5.74, 6) is -1.65. The molecule has 7 nitrogen and oxygen atoms in total. The summed E-state index contributed by atoms with van der Waals surface area (Å²) in [5, 5.41) is 0. The van der Waals surface area contributed by atoms with Gasteiger partial charge in [-0.1, -0.05) is 36.4 Å². The highest BCUT2D eigenvalue weighted by Crippen LogP contribution is 2.43. The van der Waals surface area contributed by atoms with Crippen LogP contribution < -0.4 is 4.31 Å². The lowest BCUT2D eigenvalue weighted by Gasteiger charge is -2.45. The molecule has 2 unspecified atom stereocenters. The largest absolute Gasteiger partial charge is 0.445 e. The predicted molar refractivity (Wildman–Crippen MR) is 112 cm³/mol. The molecule has 2 fully saturated rings. The first-order valence-electron chi connectivity index (χ1n) is 10.0. The van der Waals surface area contributed by atoms with E-state index in [9.17, 15) is 22.4 Å². The van der Waals surface area contributed by atoms with Gasteiger partial charge in [-0.3, -0.25) is 9.10 Å². The van der Waals surface area contributed by atoms with Crippen LogP contribution in [0.3, 0.4) is 0 Å². The van der Waals surface area contributed by atoms with Gasteiger partial charge in [0.15, 0.2) is 5.78 Å². The van der Waals surface area contributed by atoms with Gasteiger partial charge in [0.1, 0.15) is 23.7 Å². The van der Waals surface area contributed by atoms with Crippen molar-refractivity contribution in [1.82, 2.24) is 4.90 Å². The summed E-state index contributed by atoms with van der Waals surface area (Å²) in [6, 6.07) is 14.0. The third kappa shape index (κ3) is 3.89.